The molecular formula is C13H16ClN3O2S. The molecule has 0 radical (unpaired) electrons. The number of aryl methyl sites for hydroxylation is 1. The molecule has 1 heterocycles. The lowest BCUT2D eigenvalue weighted by Gasteiger charge is -2.20. The standard InChI is InChI=1S/C13H16ClN3O2S/c1-3-17(10-11-8-15-16(2)9-11)20(18,19)13-7-5-4-6-12(13)14/h4-9H,3,10H2,1-2H3. The van der Waals surface area contributed by atoms with Gasteiger partial charge in [-0.3, -0.25) is 4.68 Å². The molecule has 20 heavy (non-hydrogen) atoms. The first-order valence-electron chi connectivity index (χ1n) is 6.17. The van der Waals surface area contributed by atoms with E-state index in [1.807, 2.05) is 0 Å². The van der Waals surface area contributed by atoms with Crippen molar-refractivity contribution < 1.29 is 8.42 Å². The van der Waals surface area contributed by atoms with E-state index in [0.29, 0.717) is 6.54 Å². The molecule has 5 nitrogen and oxygen atoms in total. The lowest BCUT2D eigenvalue weighted by molar-refractivity contribution is 0.423. The van der Waals surface area contributed by atoms with Crippen molar-refractivity contribution >= 4 is 21.6 Å². The molecule has 108 valence electrons. The minimum atomic E-state index is -3.61. The van der Waals surface area contributed by atoms with Crippen LogP contribution in [0.1, 0.15) is 12.5 Å². The molecule has 0 spiro atoms. The van der Waals surface area contributed by atoms with Crippen LogP contribution in [0.25, 0.3) is 0 Å². The number of aromatic nitrogens is 2. The van der Waals surface area contributed by atoms with E-state index >= 15 is 0 Å². The lowest BCUT2D eigenvalue weighted by atomic mass is 10.3. The summed E-state index contributed by atoms with van der Waals surface area (Å²) in [5.74, 6) is 0. The van der Waals surface area contributed by atoms with Gasteiger partial charge in [-0.2, -0.15) is 9.40 Å². The molecule has 0 aliphatic rings. The second kappa shape index (κ2) is 5.95. The van der Waals surface area contributed by atoms with Gasteiger partial charge in [0.05, 0.1) is 11.2 Å². The van der Waals surface area contributed by atoms with Crippen molar-refractivity contribution in [3.8, 4) is 0 Å². The van der Waals surface area contributed by atoms with Gasteiger partial charge >= 0.3 is 0 Å². The third-order valence-electron chi connectivity index (χ3n) is 2.92. The van der Waals surface area contributed by atoms with Gasteiger partial charge in [0, 0.05) is 31.9 Å². The van der Waals surface area contributed by atoms with Crippen LogP contribution in [-0.4, -0.2) is 29.0 Å². The van der Waals surface area contributed by atoms with E-state index in [1.54, 1.807) is 49.2 Å². The summed E-state index contributed by atoms with van der Waals surface area (Å²) >= 11 is 5.99. The number of nitrogens with zero attached hydrogens (tertiary/aromatic N) is 3. The average Bonchev–Trinajstić information content (AvgIpc) is 2.81. The number of halogens is 1. The number of sulfonamides is 1. The van der Waals surface area contributed by atoms with Crippen molar-refractivity contribution in [2.24, 2.45) is 7.05 Å². The first kappa shape index (κ1) is 15.0. The number of hydrogen-bond acceptors (Lipinski definition) is 3. The summed E-state index contributed by atoms with van der Waals surface area (Å²) in [4.78, 5) is 0.132. The Morgan fingerprint density at radius 3 is 2.60 bits per heavy atom. The largest absolute Gasteiger partial charge is 0.275 e. The minimum absolute atomic E-state index is 0.132. The highest BCUT2D eigenvalue weighted by Gasteiger charge is 2.25. The first-order chi connectivity index (χ1) is 9.45. The maximum atomic E-state index is 12.6. The summed E-state index contributed by atoms with van der Waals surface area (Å²) in [5.41, 5.74) is 0.838. The quantitative estimate of drug-likeness (QED) is 0.851. The highest BCUT2D eigenvalue weighted by Crippen LogP contribution is 2.25. The van der Waals surface area contributed by atoms with Crippen molar-refractivity contribution in [3.63, 3.8) is 0 Å². The Morgan fingerprint density at radius 1 is 1.35 bits per heavy atom. The molecule has 0 aliphatic carbocycles. The number of benzene rings is 1. The van der Waals surface area contributed by atoms with E-state index < -0.39 is 10.0 Å². The van der Waals surface area contributed by atoms with Gasteiger partial charge in [0.1, 0.15) is 4.90 Å². The average molecular weight is 314 g/mol. The van der Waals surface area contributed by atoms with E-state index in [-0.39, 0.29) is 16.5 Å². The maximum Gasteiger partial charge on any atom is 0.244 e. The van der Waals surface area contributed by atoms with Crippen LogP contribution in [0.2, 0.25) is 5.02 Å². The van der Waals surface area contributed by atoms with Gasteiger partial charge in [0.2, 0.25) is 10.0 Å². The summed E-state index contributed by atoms with van der Waals surface area (Å²) in [6.07, 6.45) is 3.45. The van der Waals surface area contributed by atoms with Crippen molar-refractivity contribution in [2.45, 2.75) is 18.4 Å². The van der Waals surface area contributed by atoms with Crippen LogP contribution >= 0.6 is 11.6 Å². The van der Waals surface area contributed by atoms with Gasteiger partial charge in [-0.25, -0.2) is 8.42 Å². The van der Waals surface area contributed by atoms with Gasteiger partial charge in [0.25, 0.3) is 0 Å². The maximum absolute atomic E-state index is 12.6. The molecule has 0 unspecified atom stereocenters. The molecule has 0 saturated heterocycles. The number of hydrogen-bond donors (Lipinski definition) is 0. The van der Waals surface area contributed by atoms with Gasteiger partial charge in [-0.05, 0) is 12.1 Å². The van der Waals surface area contributed by atoms with E-state index in [4.69, 9.17) is 11.6 Å². The first-order valence-corrected chi connectivity index (χ1v) is 7.99. The Morgan fingerprint density at radius 2 is 2.05 bits per heavy atom. The molecule has 2 rings (SSSR count). The van der Waals surface area contributed by atoms with E-state index in [0.717, 1.165) is 5.56 Å². The van der Waals surface area contributed by atoms with Crippen LogP contribution in [0.3, 0.4) is 0 Å². The highest BCUT2D eigenvalue weighted by molar-refractivity contribution is 7.89. The van der Waals surface area contributed by atoms with Gasteiger partial charge in [0.15, 0.2) is 0 Å². The molecule has 0 atom stereocenters. The predicted octanol–water partition coefficient (Wildman–Crippen LogP) is 2.28. The summed E-state index contributed by atoms with van der Waals surface area (Å²) in [7, 11) is -1.81. The molecule has 0 aliphatic heterocycles. The summed E-state index contributed by atoms with van der Waals surface area (Å²) < 4.78 is 28.2. The van der Waals surface area contributed by atoms with Gasteiger partial charge < -0.3 is 0 Å². The predicted molar refractivity (Wildman–Crippen MR) is 77.9 cm³/mol. The topological polar surface area (TPSA) is 55.2 Å². The molecule has 0 fully saturated rings. The fourth-order valence-corrected chi connectivity index (χ4v) is 3.85. The second-order valence-electron chi connectivity index (χ2n) is 4.38. The van der Waals surface area contributed by atoms with Crippen molar-refractivity contribution in [2.75, 3.05) is 6.54 Å². The van der Waals surface area contributed by atoms with Crippen LogP contribution in [-0.2, 0) is 23.6 Å². The van der Waals surface area contributed by atoms with Crippen molar-refractivity contribution in [1.29, 1.82) is 0 Å². The molecule has 0 N–H and O–H groups in total. The molecule has 1 aromatic carbocycles. The molecule has 1 aromatic heterocycles. The van der Waals surface area contributed by atoms with Gasteiger partial charge in [-0.15, -0.1) is 0 Å². The zero-order chi connectivity index (χ0) is 14.8. The Bertz CT molecular complexity index is 697. The van der Waals surface area contributed by atoms with E-state index in [1.165, 1.54) is 10.4 Å². The Kier molecular flexibility index (Phi) is 4.47. The van der Waals surface area contributed by atoms with Crippen molar-refractivity contribution in [1.82, 2.24) is 14.1 Å². The Balaban J connectivity index is 2.33. The molecular weight excluding hydrogens is 298 g/mol. The third-order valence-corrected chi connectivity index (χ3v) is 5.35. The summed E-state index contributed by atoms with van der Waals surface area (Å²) in [5, 5.41) is 4.28. The number of rotatable bonds is 5. The van der Waals surface area contributed by atoms with Crippen molar-refractivity contribution in [3.05, 3.63) is 47.2 Å². The van der Waals surface area contributed by atoms with Crippen LogP contribution in [0.15, 0.2) is 41.6 Å². The zero-order valence-electron chi connectivity index (χ0n) is 11.3. The normalized spacial score (nSPS) is 12.0. The SMILES string of the molecule is CCN(Cc1cnn(C)c1)S(=O)(=O)c1ccccc1Cl. The monoisotopic (exact) mass is 313 g/mol. The van der Waals surface area contributed by atoms with E-state index in [2.05, 4.69) is 5.10 Å². The van der Waals surface area contributed by atoms with E-state index in [9.17, 15) is 8.42 Å². The molecule has 2 aromatic rings. The third kappa shape index (κ3) is 3.03. The molecule has 0 saturated carbocycles. The lowest BCUT2D eigenvalue weighted by Crippen LogP contribution is -2.30. The molecule has 7 heteroatoms. The van der Waals surface area contributed by atoms with Crippen LogP contribution < -0.4 is 0 Å². The smallest absolute Gasteiger partial charge is 0.244 e. The van der Waals surface area contributed by atoms with Crippen LogP contribution in [0.5, 0.6) is 0 Å². The fourth-order valence-electron chi connectivity index (χ4n) is 1.92. The summed E-state index contributed by atoms with van der Waals surface area (Å²) in [6, 6.07) is 6.46. The highest BCUT2D eigenvalue weighted by atomic mass is 35.5. The van der Waals surface area contributed by atoms with Crippen LogP contribution in [0.4, 0.5) is 0 Å². The Labute approximate surface area is 123 Å². The fraction of sp³-hybridized carbons (Fsp3) is 0.308. The molecule has 0 bridgehead atoms. The summed E-state index contributed by atoms with van der Waals surface area (Å²) in [6.45, 7) is 2.44. The minimum Gasteiger partial charge on any atom is -0.275 e. The zero-order valence-corrected chi connectivity index (χ0v) is 12.9. The molecule has 0 amide bonds. The van der Waals surface area contributed by atoms with Gasteiger partial charge in [-0.1, -0.05) is 30.7 Å². The second-order valence-corrected chi connectivity index (χ2v) is 6.70. The van der Waals surface area contributed by atoms with Crippen LogP contribution in [0, 0.1) is 0 Å². The Hall–Kier alpha value is -1.37.